The Bertz CT molecular complexity index is 948. The molecule has 3 heterocycles. The number of benzene rings is 1. The van der Waals surface area contributed by atoms with Gasteiger partial charge in [-0.2, -0.15) is 0 Å². The molecule has 1 aliphatic heterocycles. The molecule has 0 radical (unpaired) electrons. The van der Waals surface area contributed by atoms with E-state index in [-0.39, 0.29) is 18.4 Å². The molecule has 6 heteroatoms. The number of piperidine rings is 1. The molecule has 1 aliphatic rings. The summed E-state index contributed by atoms with van der Waals surface area (Å²) >= 11 is 0. The molecule has 3 aromatic rings. The first-order valence-corrected chi connectivity index (χ1v) is 9.02. The maximum atomic E-state index is 11.3. The number of aromatic nitrogens is 3. The summed E-state index contributed by atoms with van der Waals surface area (Å²) in [6.07, 6.45) is 5.70. The number of para-hydroxylation sites is 1. The van der Waals surface area contributed by atoms with Crippen LogP contribution in [-0.2, 0) is 11.3 Å². The van der Waals surface area contributed by atoms with Crippen molar-refractivity contribution >= 4 is 22.6 Å². The second-order valence-electron chi connectivity index (χ2n) is 6.98. The maximum absolute atomic E-state index is 11.3. The number of aryl methyl sites for hydroxylation is 1. The normalized spacial score (nSPS) is 17.6. The summed E-state index contributed by atoms with van der Waals surface area (Å²) in [5.41, 5.74) is 7.63. The first kappa shape index (κ1) is 16.6. The molecule has 1 aromatic carbocycles. The largest absolute Gasteiger partial charge is 0.368 e. The van der Waals surface area contributed by atoms with Crippen molar-refractivity contribution < 1.29 is 4.79 Å². The number of amides is 1. The molecule has 0 bridgehead atoms. The van der Waals surface area contributed by atoms with E-state index in [9.17, 15) is 4.79 Å². The highest BCUT2D eigenvalue weighted by Crippen LogP contribution is 2.30. The molecular formula is C20H23N5O. The Balaban J connectivity index is 1.61. The fourth-order valence-electron chi connectivity index (χ4n) is 3.87. The molecule has 134 valence electrons. The second kappa shape index (κ2) is 6.78. The minimum Gasteiger partial charge on any atom is -0.368 e. The fraction of sp³-hybridized carbons (Fsp3) is 0.350. The van der Waals surface area contributed by atoms with Crippen molar-refractivity contribution in [3.8, 4) is 0 Å². The second-order valence-corrected chi connectivity index (χ2v) is 6.98. The van der Waals surface area contributed by atoms with Crippen LogP contribution in [0.2, 0.25) is 0 Å². The first-order valence-electron chi connectivity index (χ1n) is 9.02. The van der Waals surface area contributed by atoms with Crippen molar-refractivity contribution in [3.63, 3.8) is 0 Å². The van der Waals surface area contributed by atoms with Crippen molar-refractivity contribution in [2.75, 3.05) is 18.0 Å². The standard InChI is InChI=1S/C20H23N5O/c1-14-11-19(23-17-7-3-2-6-16(14)17)24-9-4-5-15(12-24)20-22-8-10-25(20)13-18(21)26/h2-3,6-8,10-11,15H,4-5,9,12-13H2,1H3,(H2,21,26). The van der Waals surface area contributed by atoms with Crippen molar-refractivity contribution in [2.24, 2.45) is 5.73 Å². The monoisotopic (exact) mass is 349 g/mol. The van der Waals surface area contributed by atoms with E-state index in [2.05, 4.69) is 35.0 Å². The minimum atomic E-state index is -0.344. The summed E-state index contributed by atoms with van der Waals surface area (Å²) < 4.78 is 1.87. The van der Waals surface area contributed by atoms with Crippen LogP contribution >= 0.6 is 0 Å². The molecule has 6 nitrogen and oxygen atoms in total. The van der Waals surface area contributed by atoms with Crippen molar-refractivity contribution in [1.29, 1.82) is 0 Å². The minimum absolute atomic E-state index is 0.180. The molecule has 1 atom stereocenters. The quantitative estimate of drug-likeness (QED) is 0.785. The highest BCUT2D eigenvalue weighted by molar-refractivity contribution is 5.83. The van der Waals surface area contributed by atoms with Gasteiger partial charge in [-0.05, 0) is 37.5 Å². The number of nitrogens with zero attached hydrogens (tertiary/aromatic N) is 4. The number of pyridine rings is 1. The zero-order chi connectivity index (χ0) is 18.1. The van der Waals surface area contributed by atoms with E-state index in [4.69, 9.17) is 10.7 Å². The Kier molecular flexibility index (Phi) is 4.32. The number of imidazole rings is 1. The third-order valence-corrected chi connectivity index (χ3v) is 5.09. The summed E-state index contributed by atoms with van der Waals surface area (Å²) in [5, 5.41) is 1.20. The average molecular weight is 349 g/mol. The van der Waals surface area contributed by atoms with Gasteiger partial charge in [-0.1, -0.05) is 18.2 Å². The van der Waals surface area contributed by atoms with Gasteiger partial charge in [-0.25, -0.2) is 9.97 Å². The van der Waals surface area contributed by atoms with E-state index < -0.39 is 0 Å². The van der Waals surface area contributed by atoms with Crippen LogP contribution in [0.4, 0.5) is 5.82 Å². The number of hydrogen-bond acceptors (Lipinski definition) is 4. The van der Waals surface area contributed by atoms with Gasteiger partial charge >= 0.3 is 0 Å². The first-order chi connectivity index (χ1) is 12.6. The van der Waals surface area contributed by atoms with Gasteiger partial charge in [0, 0.05) is 36.8 Å². The number of nitrogens with two attached hydrogens (primary N) is 1. The van der Waals surface area contributed by atoms with Crippen LogP contribution in [-0.4, -0.2) is 33.5 Å². The Hall–Kier alpha value is -2.89. The molecule has 1 saturated heterocycles. The van der Waals surface area contributed by atoms with Gasteiger partial charge in [0.1, 0.15) is 18.2 Å². The SMILES string of the molecule is Cc1cc(N2CCCC(c3nccn3CC(N)=O)C2)nc2ccccc12. The maximum Gasteiger partial charge on any atom is 0.237 e. The van der Waals surface area contributed by atoms with Gasteiger partial charge in [0.05, 0.1) is 5.52 Å². The number of hydrogen-bond donors (Lipinski definition) is 1. The molecule has 0 aliphatic carbocycles. The number of carbonyl (C=O) groups excluding carboxylic acids is 1. The Labute approximate surface area is 152 Å². The lowest BCUT2D eigenvalue weighted by molar-refractivity contribution is -0.118. The van der Waals surface area contributed by atoms with Crippen LogP contribution < -0.4 is 10.6 Å². The number of anilines is 1. The summed E-state index contributed by atoms with van der Waals surface area (Å²) in [5.74, 6) is 1.88. The smallest absolute Gasteiger partial charge is 0.237 e. The topological polar surface area (TPSA) is 77.0 Å². The van der Waals surface area contributed by atoms with E-state index in [1.54, 1.807) is 6.20 Å². The van der Waals surface area contributed by atoms with E-state index in [0.29, 0.717) is 0 Å². The molecule has 1 amide bonds. The molecule has 1 fully saturated rings. The van der Waals surface area contributed by atoms with Crippen LogP contribution in [0, 0.1) is 6.92 Å². The molecular weight excluding hydrogens is 326 g/mol. The predicted molar refractivity (Wildman–Crippen MR) is 102 cm³/mol. The molecule has 0 spiro atoms. The van der Waals surface area contributed by atoms with E-state index in [1.807, 2.05) is 22.9 Å². The molecule has 1 unspecified atom stereocenters. The summed E-state index contributed by atoms with van der Waals surface area (Å²) in [4.78, 5) is 23.0. The van der Waals surface area contributed by atoms with Crippen LogP contribution in [0.25, 0.3) is 10.9 Å². The highest BCUT2D eigenvalue weighted by atomic mass is 16.1. The van der Waals surface area contributed by atoms with Gasteiger partial charge in [0.2, 0.25) is 5.91 Å². The lowest BCUT2D eigenvalue weighted by Crippen LogP contribution is -2.36. The summed E-state index contributed by atoms with van der Waals surface area (Å²) in [6.45, 7) is 4.14. The lowest BCUT2D eigenvalue weighted by atomic mass is 9.97. The van der Waals surface area contributed by atoms with Gasteiger partial charge in [0.15, 0.2) is 0 Å². The molecule has 26 heavy (non-hydrogen) atoms. The van der Waals surface area contributed by atoms with Gasteiger partial charge in [0.25, 0.3) is 0 Å². The molecule has 2 aromatic heterocycles. The number of primary amides is 1. The van der Waals surface area contributed by atoms with Gasteiger partial charge in [-0.3, -0.25) is 4.79 Å². The van der Waals surface area contributed by atoms with Crippen molar-refractivity contribution in [2.45, 2.75) is 32.2 Å². The highest BCUT2D eigenvalue weighted by Gasteiger charge is 2.26. The molecule has 2 N–H and O–H groups in total. The van der Waals surface area contributed by atoms with E-state index in [0.717, 1.165) is 43.1 Å². The van der Waals surface area contributed by atoms with Crippen LogP contribution in [0.5, 0.6) is 0 Å². The predicted octanol–water partition coefficient (Wildman–Crippen LogP) is 2.61. The number of fused-ring (bicyclic) bond motifs is 1. The third-order valence-electron chi connectivity index (χ3n) is 5.09. The number of rotatable bonds is 4. The fourth-order valence-corrected chi connectivity index (χ4v) is 3.87. The van der Waals surface area contributed by atoms with E-state index >= 15 is 0 Å². The summed E-state index contributed by atoms with van der Waals surface area (Å²) in [6, 6.07) is 10.4. The van der Waals surface area contributed by atoms with E-state index in [1.165, 1.54) is 10.9 Å². The molecule has 0 saturated carbocycles. The van der Waals surface area contributed by atoms with Crippen molar-refractivity contribution in [3.05, 3.63) is 54.1 Å². The Morgan fingerprint density at radius 3 is 3.04 bits per heavy atom. The lowest BCUT2D eigenvalue weighted by Gasteiger charge is -2.33. The molecule has 4 rings (SSSR count). The Morgan fingerprint density at radius 2 is 2.19 bits per heavy atom. The zero-order valence-corrected chi connectivity index (χ0v) is 14.9. The average Bonchev–Trinajstić information content (AvgIpc) is 3.09. The van der Waals surface area contributed by atoms with Crippen LogP contribution in [0.15, 0.2) is 42.7 Å². The zero-order valence-electron chi connectivity index (χ0n) is 14.9. The van der Waals surface area contributed by atoms with Crippen molar-refractivity contribution in [1.82, 2.24) is 14.5 Å². The third kappa shape index (κ3) is 3.14. The van der Waals surface area contributed by atoms with Gasteiger partial charge in [-0.15, -0.1) is 0 Å². The van der Waals surface area contributed by atoms with Crippen LogP contribution in [0.3, 0.4) is 0 Å². The summed E-state index contributed by atoms with van der Waals surface area (Å²) in [7, 11) is 0. The van der Waals surface area contributed by atoms with Gasteiger partial charge < -0.3 is 15.2 Å². The number of carbonyl (C=O) groups is 1. The Morgan fingerprint density at radius 1 is 1.35 bits per heavy atom. The van der Waals surface area contributed by atoms with Crippen LogP contribution in [0.1, 0.15) is 30.1 Å².